The van der Waals surface area contributed by atoms with E-state index >= 15 is 0 Å². The Labute approximate surface area is 103 Å². The molecular formula is C14H20O3. The van der Waals surface area contributed by atoms with E-state index in [1.807, 2.05) is 0 Å². The smallest absolute Gasteiger partial charge is 0.306 e. The molecule has 0 saturated heterocycles. The van der Waals surface area contributed by atoms with Crippen molar-refractivity contribution in [2.75, 3.05) is 6.61 Å². The first-order chi connectivity index (χ1) is 8.16. The Morgan fingerprint density at radius 2 is 1.94 bits per heavy atom. The summed E-state index contributed by atoms with van der Waals surface area (Å²) >= 11 is 0. The number of unbranched alkanes of at least 4 members (excludes halogenated alkanes) is 1. The van der Waals surface area contributed by atoms with Gasteiger partial charge in [0, 0.05) is 25.7 Å². The molecule has 0 unspecified atom stereocenters. The van der Waals surface area contributed by atoms with E-state index in [1.54, 1.807) is 13.0 Å². The fraction of sp³-hybridized carbons (Fsp3) is 0.571. The van der Waals surface area contributed by atoms with E-state index in [1.165, 1.54) is 0 Å². The zero-order valence-electron chi connectivity index (χ0n) is 10.5. The van der Waals surface area contributed by atoms with Gasteiger partial charge in [0.1, 0.15) is 5.78 Å². The van der Waals surface area contributed by atoms with Gasteiger partial charge in [-0.05, 0) is 19.8 Å². The number of carbonyl (C=O) groups excluding carboxylic acids is 2. The zero-order chi connectivity index (χ0) is 12.9. The molecule has 94 valence electrons. The van der Waals surface area contributed by atoms with Crippen molar-refractivity contribution in [3.8, 4) is 11.8 Å². The standard InChI is InChI=1S/C14H20O3/c1-3-4-11-14(16)17-12-9-7-5-6-8-10-13(2)15/h3H,1,4,7-12H2,2H3. The Kier molecular flexibility index (Phi) is 9.94. The SMILES string of the molecule is C=CCCC(=O)OCCCC#CCCC(C)=O. The first-order valence-corrected chi connectivity index (χ1v) is 5.88. The molecule has 0 fully saturated rings. The van der Waals surface area contributed by atoms with Crippen LogP contribution in [0.5, 0.6) is 0 Å². The van der Waals surface area contributed by atoms with Gasteiger partial charge in [-0.1, -0.05) is 6.08 Å². The van der Waals surface area contributed by atoms with Crippen LogP contribution in [0.1, 0.15) is 45.4 Å². The molecule has 0 aromatic rings. The van der Waals surface area contributed by atoms with Gasteiger partial charge < -0.3 is 4.74 Å². The lowest BCUT2D eigenvalue weighted by molar-refractivity contribution is -0.143. The van der Waals surface area contributed by atoms with Gasteiger partial charge in [-0.15, -0.1) is 18.4 Å². The van der Waals surface area contributed by atoms with Gasteiger partial charge in [-0.25, -0.2) is 0 Å². The third-order valence-electron chi connectivity index (χ3n) is 1.99. The van der Waals surface area contributed by atoms with Crippen molar-refractivity contribution >= 4 is 11.8 Å². The van der Waals surface area contributed by atoms with Gasteiger partial charge in [0.2, 0.25) is 0 Å². The summed E-state index contributed by atoms with van der Waals surface area (Å²) in [6, 6.07) is 0. The molecule has 0 spiro atoms. The second-order valence-electron chi connectivity index (χ2n) is 3.71. The fourth-order valence-electron chi connectivity index (χ4n) is 1.05. The predicted octanol–water partition coefficient (Wildman–Crippen LogP) is 2.65. The minimum Gasteiger partial charge on any atom is -0.466 e. The quantitative estimate of drug-likeness (QED) is 0.281. The van der Waals surface area contributed by atoms with Crippen LogP contribution in [-0.4, -0.2) is 18.4 Å². The van der Waals surface area contributed by atoms with Crippen LogP contribution in [0.3, 0.4) is 0 Å². The third-order valence-corrected chi connectivity index (χ3v) is 1.99. The summed E-state index contributed by atoms with van der Waals surface area (Å²) in [6.45, 7) is 5.51. The van der Waals surface area contributed by atoms with E-state index in [0.717, 1.165) is 6.42 Å². The number of hydrogen-bond donors (Lipinski definition) is 0. The van der Waals surface area contributed by atoms with Crippen LogP contribution in [-0.2, 0) is 14.3 Å². The van der Waals surface area contributed by atoms with Crippen molar-refractivity contribution in [3.63, 3.8) is 0 Å². The lowest BCUT2D eigenvalue weighted by Crippen LogP contribution is -2.04. The van der Waals surface area contributed by atoms with Crippen molar-refractivity contribution in [3.05, 3.63) is 12.7 Å². The molecule has 0 amide bonds. The topological polar surface area (TPSA) is 43.4 Å². The Bertz CT molecular complexity index is 307. The van der Waals surface area contributed by atoms with Crippen LogP contribution < -0.4 is 0 Å². The van der Waals surface area contributed by atoms with E-state index in [-0.39, 0.29) is 11.8 Å². The fourth-order valence-corrected chi connectivity index (χ4v) is 1.05. The molecule has 0 aromatic heterocycles. The molecule has 0 aliphatic heterocycles. The van der Waals surface area contributed by atoms with Crippen LogP contribution in [0.4, 0.5) is 0 Å². The van der Waals surface area contributed by atoms with Crippen molar-refractivity contribution < 1.29 is 14.3 Å². The highest BCUT2D eigenvalue weighted by Gasteiger charge is 1.99. The Hall–Kier alpha value is -1.56. The third kappa shape index (κ3) is 12.4. The Morgan fingerprint density at radius 3 is 2.59 bits per heavy atom. The van der Waals surface area contributed by atoms with Crippen LogP contribution >= 0.6 is 0 Å². The Balaban J connectivity index is 3.36. The number of allylic oxidation sites excluding steroid dienone is 1. The van der Waals surface area contributed by atoms with Gasteiger partial charge in [-0.2, -0.15) is 0 Å². The van der Waals surface area contributed by atoms with Crippen LogP contribution in [0.25, 0.3) is 0 Å². The summed E-state index contributed by atoms with van der Waals surface area (Å²) < 4.78 is 4.98. The second kappa shape index (κ2) is 10.9. The highest BCUT2D eigenvalue weighted by atomic mass is 16.5. The minimum absolute atomic E-state index is 0.162. The van der Waals surface area contributed by atoms with Crippen molar-refractivity contribution in [1.82, 2.24) is 0 Å². The first-order valence-electron chi connectivity index (χ1n) is 5.88. The molecule has 3 heteroatoms. The van der Waals surface area contributed by atoms with Crippen molar-refractivity contribution in [1.29, 1.82) is 0 Å². The molecule has 0 rings (SSSR count). The van der Waals surface area contributed by atoms with Gasteiger partial charge in [-0.3, -0.25) is 9.59 Å². The lowest BCUT2D eigenvalue weighted by atomic mass is 10.2. The molecule has 3 nitrogen and oxygen atoms in total. The number of ether oxygens (including phenoxy) is 1. The van der Waals surface area contributed by atoms with Gasteiger partial charge in [0.15, 0.2) is 0 Å². The molecule has 0 aliphatic rings. The second-order valence-corrected chi connectivity index (χ2v) is 3.71. The van der Waals surface area contributed by atoms with Crippen molar-refractivity contribution in [2.45, 2.75) is 45.4 Å². The minimum atomic E-state index is -0.186. The summed E-state index contributed by atoms with van der Waals surface area (Å²) in [7, 11) is 0. The van der Waals surface area contributed by atoms with Crippen LogP contribution in [0.2, 0.25) is 0 Å². The maximum absolute atomic E-state index is 11.1. The lowest BCUT2D eigenvalue weighted by Gasteiger charge is -2.01. The number of Topliss-reactive ketones (excluding diaryl/α,β-unsaturated/α-hetero) is 1. The van der Waals surface area contributed by atoms with Gasteiger partial charge in [0.05, 0.1) is 6.61 Å². The molecule has 17 heavy (non-hydrogen) atoms. The van der Waals surface area contributed by atoms with Crippen LogP contribution in [0, 0.1) is 11.8 Å². The van der Waals surface area contributed by atoms with Gasteiger partial charge >= 0.3 is 5.97 Å². The summed E-state index contributed by atoms with van der Waals surface area (Å²) in [5, 5.41) is 0. The molecule has 0 bridgehead atoms. The number of ketones is 1. The Morgan fingerprint density at radius 1 is 1.24 bits per heavy atom. The summed E-state index contributed by atoms with van der Waals surface area (Å²) in [4.78, 5) is 21.7. The molecule has 0 saturated carbocycles. The number of esters is 1. The highest BCUT2D eigenvalue weighted by Crippen LogP contribution is 1.96. The highest BCUT2D eigenvalue weighted by molar-refractivity contribution is 5.75. The van der Waals surface area contributed by atoms with E-state index in [4.69, 9.17) is 4.74 Å². The zero-order valence-corrected chi connectivity index (χ0v) is 10.5. The predicted molar refractivity (Wildman–Crippen MR) is 67.3 cm³/mol. The largest absolute Gasteiger partial charge is 0.466 e. The summed E-state index contributed by atoms with van der Waals surface area (Å²) in [5.74, 6) is 5.84. The maximum atomic E-state index is 11.1. The van der Waals surface area contributed by atoms with Gasteiger partial charge in [0.25, 0.3) is 0 Å². The van der Waals surface area contributed by atoms with Crippen molar-refractivity contribution in [2.24, 2.45) is 0 Å². The van der Waals surface area contributed by atoms with Crippen LogP contribution in [0.15, 0.2) is 12.7 Å². The number of rotatable bonds is 8. The summed E-state index contributed by atoms with van der Waals surface area (Å²) in [6.07, 6.45) is 5.33. The molecule has 0 atom stereocenters. The molecule has 0 aromatic carbocycles. The van der Waals surface area contributed by atoms with E-state index < -0.39 is 0 Å². The molecular weight excluding hydrogens is 216 g/mol. The first kappa shape index (κ1) is 15.4. The molecule has 0 radical (unpaired) electrons. The summed E-state index contributed by atoms with van der Waals surface area (Å²) in [5.41, 5.74) is 0. The van der Waals surface area contributed by atoms with E-state index in [2.05, 4.69) is 18.4 Å². The normalized spacial score (nSPS) is 9.00. The number of hydrogen-bond acceptors (Lipinski definition) is 3. The van der Waals surface area contributed by atoms with E-state index in [9.17, 15) is 9.59 Å². The maximum Gasteiger partial charge on any atom is 0.306 e. The average molecular weight is 236 g/mol. The molecule has 0 heterocycles. The average Bonchev–Trinajstić information content (AvgIpc) is 2.29. The molecule has 0 N–H and O–H groups in total. The molecule has 0 aliphatic carbocycles. The monoisotopic (exact) mass is 236 g/mol. The van der Waals surface area contributed by atoms with E-state index in [0.29, 0.717) is 38.7 Å². The number of carbonyl (C=O) groups is 2.